The fourth-order valence-corrected chi connectivity index (χ4v) is 3.32. The summed E-state index contributed by atoms with van der Waals surface area (Å²) in [6, 6.07) is 14.5. The Labute approximate surface area is 162 Å². The summed E-state index contributed by atoms with van der Waals surface area (Å²) in [4.78, 5) is 27.0. The average Bonchev–Trinajstić information content (AvgIpc) is 2.65. The van der Waals surface area contributed by atoms with E-state index in [1.165, 1.54) is 11.7 Å². The zero-order chi connectivity index (χ0) is 19.6. The van der Waals surface area contributed by atoms with Gasteiger partial charge < -0.3 is 10.2 Å². The van der Waals surface area contributed by atoms with E-state index in [-0.39, 0.29) is 23.2 Å². The van der Waals surface area contributed by atoms with Gasteiger partial charge in [0, 0.05) is 24.0 Å². The van der Waals surface area contributed by atoms with Gasteiger partial charge in [0.2, 0.25) is 0 Å². The Kier molecular flexibility index (Phi) is 5.58. The van der Waals surface area contributed by atoms with Crippen LogP contribution in [-0.4, -0.2) is 41.2 Å². The fourth-order valence-electron chi connectivity index (χ4n) is 3.06. The third kappa shape index (κ3) is 3.86. The second kappa shape index (κ2) is 7.90. The minimum atomic E-state index is -0.333. The lowest BCUT2D eigenvalue weighted by molar-refractivity contribution is 0.0936. The lowest BCUT2D eigenvalue weighted by Gasteiger charge is -2.26. The molecule has 0 saturated carbocycles. The van der Waals surface area contributed by atoms with Gasteiger partial charge >= 0.3 is 0 Å². The van der Waals surface area contributed by atoms with Crippen LogP contribution in [0, 0.1) is 0 Å². The van der Waals surface area contributed by atoms with Crippen molar-refractivity contribution in [3.63, 3.8) is 0 Å². The number of amides is 1. The van der Waals surface area contributed by atoms with Crippen LogP contribution < -0.4 is 10.9 Å². The van der Waals surface area contributed by atoms with Crippen molar-refractivity contribution in [2.75, 3.05) is 20.6 Å². The third-order valence-corrected chi connectivity index (χ3v) is 4.86. The molecule has 7 heteroatoms. The summed E-state index contributed by atoms with van der Waals surface area (Å²) >= 11 is 6.32. The maximum absolute atomic E-state index is 12.8. The predicted molar refractivity (Wildman–Crippen MR) is 107 cm³/mol. The second-order valence-corrected chi connectivity index (χ2v) is 6.94. The number of nitrogens with one attached hydrogen (secondary N) is 1. The molecule has 0 fully saturated rings. The third-order valence-electron chi connectivity index (χ3n) is 4.52. The van der Waals surface area contributed by atoms with Crippen molar-refractivity contribution in [1.29, 1.82) is 0 Å². The molecule has 3 aromatic rings. The van der Waals surface area contributed by atoms with E-state index in [1.54, 1.807) is 24.3 Å². The van der Waals surface area contributed by atoms with Crippen molar-refractivity contribution in [3.8, 4) is 0 Å². The first-order chi connectivity index (χ1) is 12.9. The standard InChI is InChI=1S/C20H21ClN4O2/c1-24(2)17(15-10-6-7-11-16(15)21)12-22-19(26)18-13-8-4-5-9-14(13)20(27)25(3)23-18/h4-11,17H,12H2,1-3H3,(H,22,26)/t17-/m1/s1. The summed E-state index contributed by atoms with van der Waals surface area (Å²) in [6.07, 6.45) is 0. The molecule has 1 heterocycles. The predicted octanol–water partition coefficient (Wildman–Crippen LogP) is 2.62. The summed E-state index contributed by atoms with van der Waals surface area (Å²) in [5.74, 6) is -0.333. The molecule has 6 nitrogen and oxygen atoms in total. The summed E-state index contributed by atoms with van der Waals surface area (Å²) in [5, 5.41) is 8.75. The van der Waals surface area contributed by atoms with Crippen LogP contribution in [0.25, 0.3) is 10.8 Å². The highest BCUT2D eigenvalue weighted by molar-refractivity contribution is 6.31. The molecule has 0 aliphatic rings. The fraction of sp³-hybridized carbons (Fsp3) is 0.250. The monoisotopic (exact) mass is 384 g/mol. The molecule has 3 rings (SSSR count). The number of nitrogens with zero attached hydrogens (tertiary/aromatic N) is 3. The van der Waals surface area contributed by atoms with Gasteiger partial charge in [-0.05, 0) is 31.8 Å². The van der Waals surface area contributed by atoms with Crippen molar-refractivity contribution in [3.05, 3.63) is 75.2 Å². The van der Waals surface area contributed by atoms with Gasteiger partial charge in [0.1, 0.15) is 0 Å². The molecule has 140 valence electrons. The first kappa shape index (κ1) is 19.1. The average molecular weight is 385 g/mol. The van der Waals surface area contributed by atoms with E-state index in [0.29, 0.717) is 22.3 Å². The number of hydrogen-bond acceptors (Lipinski definition) is 4. The second-order valence-electron chi connectivity index (χ2n) is 6.53. The molecule has 0 unspecified atom stereocenters. The highest BCUT2D eigenvalue weighted by Gasteiger charge is 2.20. The van der Waals surface area contributed by atoms with E-state index >= 15 is 0 Å². The van der Waals surface area contributed by atoms with Crippen LogP contribution >= 0.6 is 11.6 Å². The first-order valence-corrected chi connectivity index (χ1v) is 8.93. The van der Waals surface area contributed by atoms with Gasteiger partial charge in [-0.2, -0.15) is 5.10 Å². The number of carbonyl (C=O) groups excluding carboxylic acids is 1. The highest BCUT2D eigenvalue weighted by atomic mass is 35.5. The lowest BCUT2D eigenvalue weighted by Crippen LogP contribution is -2.36. The minimum absolute atomic E-state index is 0.0959. The van der Waals surface area contributed by atoms with Gasteiger partial charge in [-0.3, -0.25) is 9.59 Å². The number of likely N-dealkylation sites (N-methyl/N-ethyl adjacent to an activating group) is 1. The number of fused-ring (bicyclic) bond motifs is 1. The van der Waals surface area contributed by atoms with Gasteiger partial charge in [-0.15, -0.1) is 0 Å². The van der Waals surface area contributed by atoms with E-state index in [1.807, 2.05) is 43.3 Å². The van der Waals surface area contributed by atoms with Gasteiger partial charge in [0.15, 0.2) is 5.69 Å². The number of aryl methyl sites for hydroxylation is 1. The molecule has 0 bridgehead atoms. The zero-order valence-corrected chi connectivity index (χ0v) is 16.2. The quantitative estimate of drug-likeness (QED) is 0.734. The van der Waals surface area contributed by atoms with E-state index in [9.17, 15) is 9.59 Å². The number of halogens is 1. The van der Waals surface area contributed by atoms with Gasteiger partial charge in [-0.25, -0.2) is 4.68 Å². The Bertz CT molecular complexity index is 1050. The Morgan fingerprint density at radius 3 is 2.44 bits per heavy atom. The summed E-state index contributed by atoms with van der Waals surface area (Å²) < 4.78 is 1.19. The first-order valence-electron chi connectivity index (χ1n) is 8.55. The highest BCUT2D eigenvalue weighted by Crippen LogP contribution is 2.25. The van der Waals surface area contributed by atoms with E-state index in [0.717, 1.165) is 5.56 Å². The van der Waals surface area contributed by atoms with Crippen molar-refractivity contribution in [2.24, 2.45) is 7.05 Å². The molecule has 0 radical (unpaired) electrons. The summed E-state index contributed by atoms with van der Waals surface area (Å²) in [5.41, 5.74) is 0.927. The minimum Gasteiger partial charge on any atom is -0.349 e. The topological polar surface area (TPSA) is 67.2 Å². The molecule has 2 aromatic carbocycles. The van der Waals surface area contributed by atoms with Crippen LogP contribution in [0.5, 0.6) is 0 Å². The number of hydrogen-bond donors (Lipinski definition) is 1. The molecule has 1 atom stereocenters. The Balaban J connectivity index is 1.90. The van der Waals surface area contributed by atoms with Crippen LogP contribution in [0.1, 0.15) is 22.1 Å². The molecule has 0 spiro atoms. The molecule has 0 aliphatic carbocycles. The normalized spacial score (nSPS) is 12.3. The smallest absolute Gasteiger partial charge is 0.274 e. The molecule has 0 saturated heterocycles. The molecule has 1 aromatic heterocycles. The van der Waals surface area contributed by atoms with E-state index in [4.69, 9.17) is 11.6 Å². The molecule has 1 amide bonds. The van der Waals surface area contributed by atoms with Crippen molar-refractivity contribution in [1.82, 2.24) is 20.0 Å². The molecule has 1 N–H and O–H groups in total. The number of aromatic nitrogens is 2. The van der Waals surface area contributed by atoms with Crippen molar-refractivity contribution in [2.45, 2.75) is 6.04 Å². The van der Waals surface area contributed by atoms with Crippen molar-refractivity contribution < 1.29 is 4.79 Å². The Morgan fingerprint density at radius 1 is 1.15 bits per heavy atom. The van der Waals surface area contributed by atoms with Crippen LogP contribution in [0.15, 0.2) is 53.3 Å². The van der Waals surface area contributed by atoms with Gasteiger partial charge in [0.05, 0.1) is 11.4 Å². The SMILES string of the molecule is CN(C)[C@H](CNC(=O)c1nn(C)c(=O)c2ccccc12)c1ccccc1Cl. The molecule has 27 heavy (non-hydrogen) atoms. The molecular weight excluding hydrogens is 364 g/mol. The van der Waals surface area contributed by atoms with Crippen LogP contribution in [-0.2, 0) is 7.05 Å². The number of benzene rings is 2. The molecular formula is C20H21ClN4O2. The number of rotatable bonds is 5. The van der Waals surface area contributed by atoms with Crippen molar-refractivity contribution >= 4 is 28.3 Å². The van der Waals surface area contributed by atoms with Gasteiger partial charge in [0.25, 0.3) is 11.5 Å². The van der Waals surface area contributed by atoms with Gasteiger partial charge in [-0.1, -0.05) is 48.0 Å². The van der Waals surface area contributed by atoms with E-state index < -0.39 is 0 Å². The summed E-state index contributed by atoms with van der Waals surface area (Å²) in [7, 11) is 5.40. The maximum atomic E-state index is 12.8. The largest absolute Gasteiger partial charge is 0.349 e. The maximum Gasteiger partial charge on any atom is 0.274 e. The summed E-state index contributed by atoms with van der Waals surface area (Å²) in [6.45, 7) is 0.356. The lowest BCUT2D eigenvalue weighted by atomic mass is 10.1. The number of carbonyl (C=O) groups is 1. The molecule has 0 aliphatic heterocycles. The van der Waals surface area contributed by atoms with E-state index in [2.05, 4.69) is 10.4 Å². The Morgan fingerprint density at radius 2 is 1.78 bits per heavy atom. The van der Waals surface area contributed by atoms with Crippen LogP contribution in [0.3, 0.4) is 0 Å². The zero-order valence-electron chi connectivity index (χ0n) is 15.4. The van der Waals surface area contributed by atoms with Crippen LogP contribution in [0.4, 0.5) is 0 Å². The van der Waals surface area contributed by atoms with Crippen LogP contribution in [0.2, 0.25) is 5.02 Å². The Hall–Kier alpha value is -2.70.